The lowest BCUT2D eigenvalue weighted by Crippen LogP contribution is -2.66. The first-order valence-electron chi connectivity index (χ1n) is 15.9. The van der Waals surface area contributed by atoms with E-state index in [2.05, 4.69) is 107 Å². The zero-order valence-corrected chi connectivity index (χ0v) is 28.4. The van der Waals surface area contributed by atoms with E-state index in [4.69, 9.17) is 9.08 Å². The van der Waals surface area contributed by atoms with Gasteiger partial charge in [0.2, 0.25) is 0 Å². The van der Waals surface area contributed by atoms with Crippen LogP contribution in [-0.4, -0.2) is 38.3 Å². The summed E-state index contributed by atoms with van der Waals surface area (Å²) in [5.41, 5.74) is 6.13. The van der Waals surface area contributed by atoms with E-state index >= 15 is 0 Å². The standard InChI is InChI=1S/C38H49BO4Si/c1-8-15-31(26-32-24-28(2)37(40)29(3)25-32)20-21-36-35(22-23-39(41)43-36)30(4)27-42-44(38(5,6)7,33-16-11-9-12-17-33)34-18-13-10-14-19-34/h9-14,16-19,22,24-26,36,40-41H,4,8,15,20-21,23,27H2,1-3,5-7H3/b31-26+. The molecule has 0 radical (unpaired) electrons. The Morgan fingerprint density at radius 3 is 2.09 bits per heavy atom. The largest absolute Gasteiger partial charge is 0.507 e. The molecule has 4 nitrogen and oxygen atoms in total. The molecule has 232 valence electrons. The average molecular weight is 609 g/mol. The number of hydrogen-bond acceptors (Lipinski definition) is 4. The summed E-state index contributed by atoms with van der Waals surface area (Å²) < 4.78 is 13.3. The van der Waals surface area contributed by atoms with Crippen LogP contribution in [0.25, 0.3) is 6.08 Å². The Kier molecular flexibility index (Phi) is 11.3. The monoisotopic (exact) mass is 608 g/mol. The molecule has 1 atom stereocenters. The van der Waals surface area contributed by atoms with Crippen LogP contribution in [0.1, 0.15) is 70.1 Å². The molecule has 4 rings (SSSR count). The topological polar surface area (TPSA) is 58.9 Å². The zero-order chi connectivity index (χ0) is 31.9. The van der Waals surface area contributed by atoms with Crippen molar-refractivity contribution < 1.29 is 19.2 Å². The van der Waals surface area contributed by atoms with Gasteiger partial charge in [-0.25, -0.2) is 0 Å². The first kappa shape index (κ1) is 33.7. The molecule has 1 aliphatic rings. The second kappa shape index (κ2) is 14.7. The van der Waals surface area contributed by atoms with Gasteiger partial charge in [0.1, 0.15) is 5.75 Å². The van der Waals surface area contributed by atoms with E-state index in [-0.39, 0.29) is 11.1 Å². The molecule has 0 bridgehead atoms. The summed E-state index contributed by atoms with van der Waals surface area (Å²) in [4.78, 5) is 0. The lowest BCUT2D eigenvalue weighted by molar-refractivity contribution is 0.180. The van der Waals surface area contributed by atoms with Gasteiger partial charge in [0, 0.05) is 6.32 Å². The third-order valence-corrected chi connectivity index (χ3v) is 13.7. The molecule has 6 heteroatoms. The molecule has 3 aromatic carbocycles. The van der Waals surface area contributed by atoms with Crippen molar-refractivity contribution in [1.82, 2.24) is 0 Å². The van der Waals surface area contributed by atoms with Gasteiger partial charge in [0.15, 0.2) is 0 Å². The van der Waals surface area contributed by atoms with E-state index in [1.807, 2.05) is 26.0 Å². The Hall–Kier alpha value is -3.16. The molecule has 0 saturated heterocycles. The molecule has 1 aliphatic heterocycles. The Bertz CT molecular complexity index is 1410. The highest BCUT2D eigenvalue weighted by Crippen LogP contribution is 2.38. The number of benzene rings is 3. The Morgan fingerprint density at radius 1 is 1.00 bits per heavy atom. The van der Waals surface area contributed by atoms with Crippen molar-refractivity contribution in [2.45, 2.75) is 84.7 Å². The summed E-state index contributed by atoms with van der Waals surface area (Å²) in [7, 11) is -3.54. The van der Waals surface area contributed by atoms with Gasteiger partial charge in [0.25, 0.3) is 8.32 Å². The Balaban J connectivity index is 1.58. The fourth-order valence-electron chi connectivity index (χ4n) is 6.53. The maximum absolute atomic E-state index is 10.5. The molecule has 3 aromatic rings. The molecule has 1 heterocycles. The summed E-state index contributed by atoms with van der Waals surface area (Å²) in [6.45, 7) is 17.8. The first-order valence-corrected chi connectivity index (χ1v) is 17.8. The second-order valence-electron chi connectivity index (χ2n) is 13.1. The van der Waals surface area contributed by atoms with Crippen LogP contribution in [0.5, 0.6) is 5.75 Å². The maximum Gasteiger partial charge on any atom is 0.458 e. The SMILES string of the molecule is C=C(CO[Si](c1ccccc1)(c1ccccc1)C(C)(C)C)C1=CCB(O)OC1CC/C(=C/c1cc(C)c(O)c(C)c1)CCC. The van der Waals surface area contributed by atoms with Crippen LogP contribution < -0.4 is 10.4 Å². The molecule has 1 unspecified atom stereocenters. The van der Waals surface area contributed by atoms with Crippen LogP contribution in [0, 0.1) is 13.8 Å². The van der Waals surface area contributed by atoms with Crippen molar-refractivity contribution in [3.8, 4) is 5.75 Å². The lowest BCUT2D eigenvalue weighted by Gasteiger charge is -2.43. The summed E-state index contributed by atoms with van der Waals surface area (Å²) in [5.74, 6) is 0.359. The van der Waals surface area contributed by atoms with E-state index in [9.17, 15) is 10.1 Å². The number of allylic oxidation sites excluding steroid dienone is 2. The van der Waals surface area contributed by atoms with Gasteiger partial charge in [-0.3, -0.25) is 0 Å². The van der Waals surface area contributed by atoms with Gasteiger partial charge in [-0.1, -0.05) is 119 Å². The molecule has 0 spiro atoms. The first-order chi connectivity index (χ1) is 21.0. The van der Waals surface area contributed by atoms with Gasteiger partial charge in [0.05, 0.1) is 12.7 Å². The maximum atomic E-state index is 10.5. The second-order valence-corrected chi connectivity index (χ2v) is 17.4. The van der Waals surface area contributed by atoms with Crippen LogP contribution in [0.3, 0.4) is 0 Å². The van der Waals surface area contributed by atoms with Crippen LogP contribution in [0.4, 0.5) is 0 Å². The van der Waals surface area contributed by atoms with Crippen molar-refractivity contribution in [1.29, 1.82) is 0 Å². The van der Waals surface area contributed by atoms with Gasteiger partial charge in [-0.05, 0) is 88.5 Å². The van der Waals surface area contributed by atoms with Gasteiger partial charge < -0.3 is 19.2 Å². The quantitative estimate of drug-likeness (QED) is 0.205. The summed E-state index contributed by atoms with van der Waals surface area (Å²) >= 11 is 0. The Labute approximate surface area is 266 Å². The minimum absolute atomic E-state index is 0.131. The van der Waals surface area contributed by atoms with Crippen molar-refractivity contribution in [2.75, 3.05) is 6.61 Å². The molecule has 0 aliphatic carbocycles. The van der Waals surface area contributed by atoms with Gasteiger partial charge in [-0.2, -0.15) is 0 Å². The van der Waals surface area contributed by atoms with Crippen molar-refractivity contribution in [3.05, 3.63) is 119 Å². The molecule has 0 amide bonds. The van der Waals surface area contributed by atoms with E-state index in [1.54, 1.807) is 0 Å². The number of hydrogen-bond donors (Lipinski definition) is 2. The number of aryl methyl sites for hydroxylation is 2. The number of rotatable bonds is 12. The Morgan fingerprint density at radius 2 is 1.57 bits per heavy atom. The fourth-order valence-corrected chi connectivity index (χ4v) is 11.1. The fraction of sp³-hybridized carbons (Fsp3) is 0.368. The third-order valence-electron chi connectivity index (χ3n) is 8.68. The molecule has 44 heavy (non-hydrogen) atoms. The van der Waals surface area contributed by atoms with Gasteiger partial charge in [-0.15, -0.1) is 0 Å². The minimum Gasteiger partial charge on any atom is -0.507 e. The number of phenolic OH excluding ortho intramolecular Hbond substituents is 1. The molecule has 0 saturated carbocycles. The van der Waals surface area contributed by atoms with Crippen LogP contribution in [-0.2, 0) is 9.08 Å². The third kappa shape index (κ3) is 7.73. The predicted octanol–water partition coefficient (Wildman–Crippen LogP) is 7.91. The van der Waals surface area contributed by atoms with Crippen molar-refractivity contribution in [3.63, 3.8) is 0 Å². The average Bonchev–Trinajstić information content (AvgIpc) is 2.99. The van der Waals surface area contributed by atoms with Crippen LogP contribution in [0.2, 0.25) is 11.4 Å². The lowest BCUT2D eigenvalue weighted by atomic mass is 9.78. The van der Waals surface area contributed by atoms with E-state index in [0.717, 1.165) is 53.5 Å². The van der Waals surface area contributed by atoms with E-state index in [0.29, 0.717) is 18.7 Å². The van der Waals surface area contributed by atoms with Crippen LogP contribution >= 0.6 is 0 Å². The smallest absolute Gasteiger partial charge is 0.458 e. The van der Waals surface area contributed by atoms with Crippen molar-refractivity contribution in [2.24, 2.45) is 0 Å². The number of phenols is 1. The highest BCUT2D eigenvalue weighted by molar-refractivity contribution is 6.99. The van der Waals surface area contributed by atoms with E-state index in [1.165, 1.54) is 15.9 Å². The molecule has 0 fully saturated rings. The van der Waals surface area contributed by atoms with Crippen LogP contribution in [0.15, 0.2) is 102 Å². The number of aromatic hydroxyl groups is 1. The summed E-state index contributed by atoms with van der Waals surface area (Å²) in [6, 6.07) is 25.4. The highest BCUT2D eigenvalue weighted by Gasteiger charge is 2.50. The van der Waals surface area contributed by atoms with Gasteiger partial charge >= 0.3 is 7.12 Å². The highest BCUT2D eigenvalue weighted by atomic mass is 28.4. The minimum atomic E-state index is -2.72. The van der Waals surface area contributed by atoms with E-state index < -0.39 is 15.4 Å². The molecule has 0 aromatic heterocycles. The molecular formula is C38H49BO4Si. The zero-order valence-electron chi connectivity index (χ0n) is 27.4. The molecule has 2 N–H and O–H groups in total. The van der Waals surface area contributed by atoms with Crippen molar-refractivity contribution >= 4 is 31.9 Å². The molecular weight excluding hydrogens is 559 g/mol. The summed E-state index contributed by atoms with van der Waals surface area (Å²) in [5, 5.41) is 23.1. The summed E-state index contributed by atoms with van der Waals surface area (Å²) in [6.07, 6.45) is 8.10. The predicted molar refractivity (Wildman–Crippen MR) is 188 cm³/mol. The normalized spacial score (nSPS) is 16.2.